The van der Waals surface area contributed by atoms with Gasteiger partial charge in [0.05, 0.1) is 6.04 Å². The zero-order valence-corrected chi connectivity index (χ0v) is 19.2. The highest BCUT2D eigenvalue weighted by Crippen LogP contribution is 2.36. The third-order valence-electron chi connectivity index (χ3n) is 7.00. The standard InChI is InChI=1S/C24H31N5O4/c1-27-22(30)19(23(31)28(2)24(27)32)21-20-16(8-9-25-21)17-14-15(6-7-18(17)26-20)33-13-12-29-10-4-3-5-11-29/h6-7,14,21,25-26,30H,3-5,8-13H2,1-2H3. The van der Waals surface area contributed by atoms with Crippen molar-refractivity contribution in [1.82, 2.24) is 24.3 Å². The molecule has 176 valence electrons. The molecule has 2 aliphatic heterocycles. The zero-order chi connectivity index (χ0) is 23.1. The van der Waals surface area contributed by atoms with Gasteiger partial charge in [-0.15, -0.1) is 0 Å². The van der Waals surface area contributed by atoms with Gasteiger partial charge < -0.3 is 20.1 Å². The molecule has 1 aromatic carbocycles. The second-order valence-corrected chi connectivity index (χ2v) is 9.06. The van der Waals surface area contributed by atoms with E-state index in [1.807, 2.05) is 12.1 Å². The summed E-state index contributed by atoms with van der Waals surface area (Å²) in [6.45, 7) is 4.55. The van der Waals surface area contributed by atoms with Gasteiger partial charge in [-0.3, -0.25) is 18.8 Å². The first-order chi connectivity index (χ1) is 16.0. The number of rotatable bonds is 5. The van der Waals surface area contributed by atoms with Crippen LogP contribution in [0.1, 0.15) is 42.1 Å². The van der Waals surface area contributed by atoms with Crippen LogP contribution in [-0.4, -0.2) is 56.9 Å². The lowest BCUT2D eigenvalue weighted by atomic mass is 9.95. The lowest BCUT2D eigenvalue weighted by molar-refractivity contribution is 0.183. The van der Waals surface area contributed by atoms with Gasteiger partial charge >= 0.3 is 5.69 Å². The number of H-pyrrole nitrogens is 1. The maximum atomic E-state index is 12.9. The highest BCUT2D eigenvalue weighted by atomic mass is 16.5. The molecule has 1 atom stereocenters. The predicted octanol–water partition coefficient (Wildman–Crippen LogP) is 1.37. The van der Waals surface area contributed by atoms with Crippen molar-refractivity contribution in [2.24, 2.45) is 14.1 Å². The van der Waals surface area contributed by atoms with Crippen molar-refractivity contribution in [2.45, 2.75) is 31.7 Å². The summed E-state index contributed by atoms with van der Waals surface area (Å²) in [4.78, 5) is 31.0. The Morgan fingerprint density at radius 1 is 1.12 bits per heavy atom. The fourth-order valence-electron chi connectivity index (χ4n) is 5.13. The molecular weight excluding hydrogens is 422 g/mol. The fourth-order valence-corrected chi connectivity index (χ4v) is 5.13. The van der Waals surface area contributed by atoms with E-state index in [4.69, 9.17) is 4.74 Å². The highest BCUT2D eigenvalue weighted by molar-refractivity contribution is 5.86. The van der Waals surface area contributed by atoms with E-state index in [-0.39, 0.29) is 11.4 Å². The second kappa shape index (κ2) is 8.72. The summed E-state index contributed by atoms with van der Waals surface area (Å²) in [6.07, 6.45) is 4.65. The SMILES string of the molecule is Cn1c(O)c(C2NCCc3c2[nH]c2ccc(OCCN4CCCCC4)cc32)c(=O)n(C)c1=O. The number of ether oxygens (including phenoxy) is 1. The van der Waals surface area contributed by atoms with Gasteiger partial charge in [-0.1, -0.05) is 6.42 Å². The van der Waals surface area contributed by atoms with E-state index in [9.17, 15) is 14.7 Å². The third kappa shape index (κ3) is 3.85. The number of likely N-dealkylation sites (tertiary alicyclic amines) is 1. The summed E-state index contributed by atoms with van der Waals surface area (Å²) >= 11 is 0. The van der Waals surface area contributed by atoms with Gasteiger partial charge in [0.25, 0.3) is 5.56 Å². The summed E-state index contributed by atoms with van der Waals surface area (Å²) in [6, 6.07) is 5.49. The van der Waals surface area contributed by atoms with E-state index in [1.165, 1.54) is 33.4 Å². The van der Waals surface area contributed by atoms with Crippen LogP contribution in [0.5, 0.6) is 11.6 Å². The minimum absolute atomic E-state index is 0.171. The van der Waals surface area contributed by atoms with Crippen LogP contribution in [0.25, 0.3) is 10.9 Å². The molecule has 9 nitrogen and oxygen atoms in total. The highest BCUT2D eigenvalue weighted by Gasteiger charge is 2.31. The van der Waals surface area contributed by atoms with Crippen molar-refractivity contribution in [1.29, 1.82) is 0 Å². The van der Waals surface area contributed by atoms with Crippen molar-refractivity contribution < 1.29 is 9.84 Å². The summed E-state index contributed by atoms with van der Waals surface area (Å²) < 4.78 is 8.20. The Kier molecular flexibility index (Phi) is 5.76. The number of fused-ring (bicyclic) bond motifs is 3. The Morgan fingerprint density at radius 2 is 1.91 bits per heavy atom. The van der Waals surface area contributed by atoms with Gasteiger partial charge in [0.15, 0.2) is 0 Å². The summed E-state index contributed by atoms with van der Waals surface area (Å²) in [5, 5.41) is 15.1. The van der Waals surface area contributed by atoms with E-state index in [0.29, 0.717) is 13.2 Å². The number of benzene rings is 1. The van der Waals surface area contributed by atoms with Crippen LogP contribution in [0.2, 0.25) is 0 Å². The van der Waals surface area contributed by atoms with Crippen LogP contribution in [-0.2, 0) is 20.5 Å². The summed E-state index contributed by atoms with van der Waals surface area (Å²) in [7, 11) is 2.89. The van der Waals surface area contributed by atoms with Gasteiger partial charge in [-0.2, -0.15) is 0 Å². The summed E-state index contributed by atoms with van der Waals surface area (Å²) in [5.74, 6) is 0.520. The Balaban J connectivity index is 1.45. The number of aromatic hydroxyl groups is 1. The molecule has 0 amide bonds. The molecule has 0 saturated carbocycles. The average Bonchev–Trinajstić information content (AvgIpc) is 3.21. The molecule has 2 aliphatic rings. The van der Waals surface area contributed by atoms with E-state index in [0.717, 1.165) is 63.1 Å². The Bertz CT molecular complexity index is 1300. The molecule has 4 heterocycles. The summed E-state index contributed by atoms with van der Waals surface area (Å²) in [5.41, 5.74) is 2.02. The fraction of sp³-hybridized carbons (Fsp3) is 0.500. The van der Waals surface area contributed by atoms with E-state index >= 15 is 0 Å². The molecule has 0 radical (unpaired) electrons. The molecule has 9 heteroatoms. The van der Waals surface area contributed by atoms with Gasteiger partial charge in [0, 0.05) is 43.8 Å². The molecule has 1 saturated heterocycles. The maximum absolute atomic E-state index is 12.9. The lowest BCUT2D eigenvalue weighted by Crippen LogP contribution is -2.42. The average molecular weight is 454 g/mol. The smallest absolute Gasteiger partial charge is 0.333 e. The minimum Gasteiger partial charge on any atom is -0.494 e. The Labute approximate surface area is 191 Å². The molecule has 1 unspecified atom stereocenters. The second-order valence-electron chi connectivity index (χ2n) is 9.06. The van der Waals surface area contributed by atoms with Crippen molar-refractivity contribution in [3.05, 3.63) is 55.9 Å². The third-order valence-corrected chi connectivity index (χ3v) is 7.00. The van der Waals surface area contributed by atoms with Gasteiger partial charge in [0.2, 0.25) is 5.88 Å². The van der Waals surface area contributed by atoms with Crippen molar-refractivity contribution in [2.75, 3.05) is 32.8 Å². The molecule has 2 aromatic heterocycles. The topological polar surface area (TPSA) is 105 Å². The first-order valence-corrected chi connectivity index (χ1v) is 11.7. The first kappa shape index (κ1) is 21.8. The van der Waals surface area contributed by atoms with Crippen LogP contribution in [0, 0.1) is 0 Å². The quantitative estimate of drug-likeness (QED) is 0.539. The lowest BCUT2D eigenvalue weighted by Gasteiger charge is -2.26. The van der Waals surface area contributed by atoms with Crippen LogP contribution in [0.3, 0.4) is 0 Å². The molecule has 3 aromatic rings. The van der Waals surface area contributed by atoms with Crippen LogP contribution in [0.15, 0.2) is 27.8 Å². The normalized spacial score (nSPS) is 19.0. The molecule has 0 spiro atoms. The number of piperidine rings is 1. The van der Waals surface area contributed by atoms with E-state index in [2.05, 4.69) is 21.3 Å². The Hall–Kier alpha value is -3.04. The molecular formula is C24H31N5O4. The Morgan fingerprint density at radius 3 is 2.70 bits per heavy atom. The van der Waals surface area contributed by atoms with Crippen molar-refractivity contribution in [3.63, 3.8) is 0 Å². The van der Waals surface area contributed by atoms with Crippen LogP contribution in [0.4, 0.5) is 0 Å². The number of nitrogens with one attached hydrogen (secondary N) is 2. The largest absolute Gasteiger partial charge is 0.494 e. The number of nitrogens with zero attached hydrogens (tertiary/aromatic N) is 3. The van der Waals surface area contributed by atoms with Crippen molar-refractivity contribution in [3.8, 4) is 11.6 Å². The molecule has 5 rings (SSSR count). The molecule has 0 aliphatic carbocycles. The van der Waals surface area contributed by atoms with Crippen molar-refractivity contribution >= 4 is 10.9 Å². The number of aromatic amines is 1. The van der Waals surface area contributed by atoms with E-state index < -0.39 is 17.3 Å². The van der Waals surface area contributed by atoms with Crippen LogP contribution < -0.4 is 21.3 Å². The van der Waals surface area contributed by atoms with Gasteiger partial charge in [0.1, 0.15) is 17.9 Å². The van der Waals surface area contributed by atoms with Gasteiger partial charge in [-0.05, 0) is 56.1 Å². The van der Waals surface area contributed by atoms with E-state index in [1.54, 1.807) is 0 Å². The predicted molar refractivity (Wildman–Crippen MR) is 126 cm³/mol. The van der Waals surface area contributed by atoms with Gasteiger partial charge in [-0.25, -0.2) is 4.79 Å². The molecule has 33 heavy (non-hydrogen) atoms. The molecule has 1 fully saturated rings. The maximum Gasteiger partial charge on any atom is 0.333 e. The van der Waals surface area contributed by atoms with Crippen LogP contribution >= 0.6 is 0 Å². The number of hydrogen-bond donors (Lipinski definition) is 3. The number of hydrogen-bond acceptors (Lipinski definition) is 6. The molecule has 0 bridgehead atoms. The monoisotopic (exact) mass is 453 g/mol. The molecule has 3 N–H and O–H groups in total. The minimum atomic E-state index is -0.555. The number of aromatic nitrogens is 3. The first-order valence-electron chi connectivity index (χ1n) is 11.7. The zero-order valence-electron chi connectivity index (χ0n) is 19.2.